The van der Waals surface area contributed by atoms with Gasteiger partial charge in [-0.3, -0.25) is 28.8 Å². The Morgan fingerprint density at radius 1 is 0.657 bits per heavy atom. The number of hydrogen-bond donors (Lipinski definition) is 8. The second kappa shape index (κ2) is 24.5. The summed E-state index contributed by atoms with van der Waals surface area (Å²) in [6.07, 6.45) is 2.52. The molecule has 1 aromatic heterocycles. The lowest BCUT2D eigenvalue weighted by atomic mass is 10.0. The second-order valence-corrected chi connectivity index (χ2v) is 17.6. The van der Waals surface area contributed by atoms with Crippen molar-refractivity contribution >= 4 is 52.4 Å². The van der Waals surface area contributed by atoms with Crippen molar-refractivity contribution in [3.05, 3.63) is 138 Å². The number of amides is 7. The highest BCUT2D eigenvalue weighted by Crippen LogP contribution is 2.22. The summed E-state index contributed by atoms with van der Waals surface area (Å²) in [6, 6.07) is 24.7. The van der Waals surface area contributed by atoms with Crippen LogP contribution in [0.2, 0.25) is 0 Å². The topological polar surface area (TPSA) is 249 Å². The number of phenols is 1. The number of aromatic nitrogens is 1. The molecule has 6 atom stereocenters. The monoisotopic (exact) mass is 956 g/mol. The Bertz CT molecular complexity index is 2590. The summed E-state index contributed by atoms with van der Waals surface area (Å²) in [6.45, 7) is 1.72. The number of H-pyrrole nitrogens is 1. The molecule has 2 aliphatic rings. The Morgan fingerprint density at radius 2 is 1.29 bits per heavy atom. The summed E-state index contributed by atoms with van der Waals surface area (Å²) < 4.78 is 11.3. The molecule has 3 heterocycles. The summed E-state index contributed by atoms with van der Waals surface area (Å²) in [7, 11) is 0. The summed E-state index contributed by atoms with van der Waals surface area (Å²) in [5, 5.41) is 27.5. The number of benzene rings is 4. The number of carbonyl (C=O) groups excluding carboxylic acids is 7. The number of unbranched alkanes of at least 4 members (excludes halogenated alkanes) is 1. The van der Waals surface area contributed by atoms with E-state index in [-0.39, 0.29) is 64.3 Å². The minimum absolute atomic E-state index is 0.000270. The molecule has 2 saturated heterocycles. The third kappa shape index (κ3) is 13.9. The number of nitrogens with zero attached hydrogens (tertiary/aromatic N) is 1. The molecule has 2 fully saturated rings. The van der Waals surface area contributed by atoms with Crippen LogP contribution in [0.3, 0.4) is 0 Å². The van der Waals surface area contributed by atoms with Crippen LogP contribution in [0.1, 0.15) is 61.3 Å². The molecule has 4 aromatic carbocycles. The summed E-state index contributed by atoms with van der Waals surface area (Å²) in [4.78, 5) is 103. The summed E-state index contributed by atoms with van der Waals surface area (Å²) in [5.41, 5.74) is 3.71. The Balaban J connectivity index is 1.18. The van der Waals surface area contributed by atoms with Gasteiger partial charge in [0.1, 0.15) is 48.6 Å². The summed E-state index contributed by atoms with van der Waals surface area (Å²) >= 11 is 0. The molecule has 18 heteroatoms. The Hall–Kier alpha value is -7.73. The fourth-order valence-electron chi connectivity index (χ4n) is 8.55. The normalized spacial score (nSPS) is 21.6. The fourth-order valence-corrected chi connectivity index (χ4v) is 8.55. The van der Waals surface area contributed by atoms with E-state index in [1.54, 1.807) is 18.3 Å². The number of aromatic amines is 1. The zero-order chi connectivity index (χ0) is 49.4. The van der Waals surface area contributed by atoms with Crippen LogP contribution in [0, 0.1) is 0 Å². The molecule has 5 aromatic rings. The van der Waals surface area contributed by atoms with Crippen molar-refractivity contribution in [2.24, 2.45) is 0 Å². The third-order valence-electron chi connectivity index (χ3n) is 12.4. The van der Waals surface area contributed by atoms with E-state index in [9.17, 15) is 38.7 Å². The predicted molar refractivity (Wildman–Crippen MR) is 258 cm³/mol. The Morgan fingerprint density at radius 3 is 2.03 bits per heavy atom. The van der Waals surface area contributed by atoms with E-state index in [0.29, 0.717) is 30.4 Å². The quantitative estimate of drug-likeness (QED) is 0.0711. The van der Waals surface area contributed by atoms with Crippen LogP contribution < -0.4 is 31.9 Å². The number of rotatable bonds is 15. The van der Waals surface area contributed by atoms with Crippen molar-refractivity contribution in [1.82, 2.24) is 41.8 Å². The van der Waals surface area contributed by atoms with Crippen LogP contribution in [0.4, 0.5) is 4.79 Å². The van der Waals surface area contributed by atoms with Gasteiger partial charge in [0.05, 0.1) is 13.2 Å². The standard InChI is InChI=1S/C52H60N8O10/c1-33-46(62)59-44(32-69-30-35-13-4-2-5-14-35)49(65)57-42(28-37-29-54-40-18-9-8-17-39(37)40)48(64)56-41(19-10-11-25-53-52(68)70-31-36-15-6-3-7-16-36)47(63)58-43(27-34-21-23-38(61)24-22-34)51(67)60-26-12-20-45(60)50(66)55-33/h2-9,13-18,21-24,29,33,41-45,54,61H,10-12,19-20,25-28,30-32H2,1H3,(H,53,68)(H,55,66)(H,56,64)(H,57,65)(H,58,63)(H,59,62)/t33-,41-,42-,43-,44-,45+/m0/s1. The largest absolute Gasteiger partial charge is 0.508 e. The first-order chi connectivity index (χ1) is 33.9. The molecule has 7 amide bonds. The molecule has 7 rings (SSSR count). The average molecular weight is 957 g/mol. The number of para-hydroxylation sites is 1. The minimum Gasteiger partial charge on any atom is -0.508 e. The number of phenolic OH excluding ortho intramolecular Hbond substituents is 1. The van der Waals surface area contributed by atoms with Gasteiger partial charge in [0.15, 0.2) is 0 Å². The number of fused-ring (bicyclic) bond motifs is 2. The van der Waals surface area contributed by atoms with Crippen LogP contribution in [0.15, 0.2) is 115 Å². The van der Waals surface area contributed by atoms with Gasteiger partial charge in [-0.1, -0.05) is 91.0 Å². The van der Waals surface area contributed by atoms with Crippen molar-refractivity contribution < 1.29 is 48.1 Å². The molecule has 0 spiro atoms. The minimum atomic E-state index is -1.34. The van der Waals surface area contributed by atoms with Crippen molar-refractivity contribution in [3.8, 4) is 5.75 Å². The molecular formula is C52H60N8O10. The lowest BCUT2D eigenvalue weighted by molar-refractivity contribution is -0.142. The maximum absolute atomic E-state index is 14.8. The van der Waals surface area contributed by atoms with Gasteiger partial charge in [0.2, 0.25) is 35.4 Å². The second-order valence-electron chi connectivity index (χ2n) is 17.6. The molecule has 8 N–H and O–H groups in total. The highest BCUT2D eigenvalue weighted by Gasteiger charge is 2.40. The van der Waals surface area contributed by atoms with Gasteiger partial charge in [0.25, 0.3) is 0 Å². The van der Waals surface area contributed by atoms with Gasteiger partial charge in [-0.15, -0.1) is 0 Å². The van der Waals surface area contributed by atoms with Crippen LogP contribution in [0.5, 0.6) is 5.75 Å². The molecule has 368 valence electrons. The maximum Gasteiger partial charge on any atom is 0.407 e. The van der Waals surface area contributed by atoms with Gasteiger partial charge in [-0.05, 0) is 79.5 Å². The first kappa shape index (κ1) is 50.2. The molecule has 18 nitrogen and oxygen atoms in total. The van der Waals surface area contributed by atoms with E-state index >= 15 is 0 Å². The van der Waals surface area contributed by atoms with Crippen molar-refractivity contribution in [2.45, 2.75) is 101 Å². The molecule has 0 bridgehead atoms. The zero-order valence-corrected chi connectivity index (χ0v) is 39.0. The number of aromatic hydroxyl groups is 1. The number of nitrogens with one attached hydrogen (secondary N) is 7. The number of carbonyl (C=O) groups is 7. The molecule has 70 heavy (non-hydrogen) atoms. The predicted octanol–water partition coefficient (Wildman–Crippen LogP) is 3.42. The lowest BCUT2D eigenvalue weighted by Crippen LogP contribution is -2.62. The lowest BCUT2D eigenvalue weighted by Gasteiger charge is -2.31. The van der Waals surface area contributed by atoms with E-state index in [0.717, 1.165) is 22.0 Å². The van der Waals surface area contributed by atoms with E-state index in [2.05, 4.69) is 36.9 Å². The Labute approximate surface area is 405 Å². The maximum atomic E-state index is 14.8. The number of alkyl carbamates (subject to hydrolysis) is 1. The molecular weight excluding hydrogens is 897 g/mol. The van der Waals surface area contributed by atoms with Gasteiger partial charge < -0.3 is 56.4 Å². The molecule has 0 saturated carbocycles. The fraction of sp³-hybridized carbons (Fsp3) is 0.365. The molecule has 0 unspecified atom stereocenters. The number of hydrogen-bond acceptors (Lipinski definition) is 10. The van der Waals surface area contributed by atoms with E-state index in [1.807, 2.05) is 84.9 Å². The van der Waals surface area contributed by atoms with E-state index in [4.69, 9.17) is 9.47 Å². The van der Waals surface area contributed by atoms with Gasteiger partial charge in [-0.25, -0.2) is 4.79 Å². The van der Waals surface area contributed by atoms with Crippen LogP contribution in [0.25, 0.3) is 10.9 Å². The van der Waals surface area contributed by atoms with Crippen LogP contribution in [-0.2, 0) is 64.3 Å². The highest BCUT2D eigenvalue weighted by molar-refractivity contribution is 5.99. The van der Waals surface area contributed by atoms with Gasteiger partial charge >= 0.3 is 6.09 Å². The highest BCUT2D eigenvalue weighted by atomic mass is 16.5. The smallest absolute Gasteiger partial charge is 0.407 e. The SMILES string of the molecule is C[C@@H]1NC(=O)[C@H]2CCCN2C(=O)[C@H](Cc2ccc(O)cc2)NC(=O)[C@H](CCCCNC(=O)OCc2ccccc2)NC(=O)[C@H](Cc2c[nH]c3ccccc23)NC(=O)[C@H](COCc2ccccc2)NC1=O. The van der Waals surface area contributed by atoms with Crippen molar-refractivity contribution in [1.29, 1.82) is 0 Å². The van der Waals surface area contributed by atoms with Crippen molar-refractivity contribution in [2.75, 3.05) is 19.7 Å². The average Bonchev–Trinajstić information content (AvgIpc) is 4.03. The summed E-state index contributed by atoms with van der Waals surface area (Å²) in [5.74, 6) is -4.03. The third-order valence-corrected chi connectivity index (χ3v) is 12.4. The number of ether oxygens (including phenoxy) is 2. The first-order valence-electron chi connectivity index (χ1n) is 23.6. The van der Waals surface area contributed by atoms with E-state index < -0.39 is 77.8 Å². The molecule has 0 radical (unpaired) electrons. The molecule has 2 aliphatic heterocycles. The van der Waals surface area contributed by atoms with Crippen molar-refractivity contribution in [3.63, 3.8) is 0 Å². The van der Waals surface area contributed by atoms with Crippen LogP contribution >= 0.6 is 0 Å². The molecule has 0 aliphatic carbocycles. The zero-order valence-electron chi connectivity index (χ0n) is 39.0. The van der Waals surface area contributed by atoms with Gasteiger partial charge in [0, 0.05) is 43.0 Å². The first-order valence-corrected chi connectivity index (χ1v) is 23.6. The van der Waals surface area contributed by atoms with Gasteiger partial charge in [-0.2, -0.15) is 0 Å². The van der Waals surface area contributed by atoms with Crippen LogP contribution in [-0.4, -0.2) is 112 Å². The Kier molecular flexibility index (Phi) is 17.6. The van der Waals surface area contributed by atoms with E-state index in [1.165, 1.54) is 24.0 Å².